The molecule has 2 N–H and O–H groups in total. The Morgan fingerprint density at radius 3 is 2.76 bits per heavy atom. The molecule has 0 aromatic carbocycles. The zero-order valence-corrected chi connectivity index (χ0v) is 13.4. The van der Waals surface area contributed by atoms with Crippen LogP contribution in [-0.2, 0) is 10.0 Å². The maximum Gasteiger partial charge on any atom is 0.325 e. The van der Waals surface area contributed by atoms with E-state index in [1.165, 1.54) is 17.8 Å². The number of rotatable bonds is 6. The largest absolute Gasteiger partial charge is 0.325 e. The summed E-state index contributed by atoms with van der Waals surface area (Å²) in [5.41, 5.74) is 0. The predicted molar refractivity (Wildman–Crippen MR) is 79.2 cm³/mol. The number of H-pyrrole nitrogens is 1. The number of aromatic nitrogens is 3. The molecule has 0 saturated carbocycles. The summed E-state index contributed by atoms with van der Waals surface area (Å²) in [4.78, 5) is 13.9. The van der Waals surface area contributed by atoms with Crippen molar-refractivity contribution in [1.29, 1.82) is 0 Å². The van der Waals surface area contributed by atoms with Crippen molar-refractivity contribution in [3.8, 4) is 0 Å². The summed E-state index contributed by atoms with van der Waals surface area (Å²) in [7, 11) is -3.92. The summed E-state index contributed by atoms with van der Waals surface area (Å²) in [5.74, 6) is -0.0331. The van der Waals surface area contributed by atoms with Crippen LogP contribution in [0.4, 0.5) is 10.9 Å². The van der Waals surface area contributed by atoms with Crippen molar-refractivity contribution in [3.63, 3.8) is 0 Å². The van der Waals surface area contributed by atoms with E-state index in [4.69, 9.17) is 0 Å². The van der Waals surface area contributed by atoms with Gasteiger partial charge < -0.3 is 0 Å². The Balaban J connectivity index is 2.16. The van der Waals surface area contributed by atoms with Gasteiger partial charge in [0.2, 0.25) is 11.1 Å². The number of thiophene rings is 1. The molecule has 12 heteroatoms. The van der Waals surface area contributed by atoms with Crippen LogP contribution >= 0.6 is 23.1 Å². The molecule has 0 spiro atoms. The number of thioether (sulfide) groups is 1. The van der Waals surface area contributed by atoms with Gasteiger partial charge in [0, 0.05) is 11.3 Å². The fourth-order valence-corrected chi connectivity index (χ4v) is 4.02. The van der Waals surface area contributed by atoms with Crippen molar-refractivity contribution in [1.82, 2.24) is 15.2 Å². The van der Waals surface area contributed by atoms with Crippen molar-refractivity contribution in [2.75, 3.05) is 4.72 Å². The highest BCUT2D eigenvalue weighted by atomic mass is 32.2. The first-order valence-electron chi connectivity index (χ1n) is 5.64. The van der Waals surface area contributed by atoms with Crippen molar-refractivity contribution < 1.29 is 13.3 Å². The van der Waals surface area contributed by atoms with Crippen LogP contribution in [0.2, 0.25) is 0 Å². The van der Waals surface area contributed by atoms with E-state index in [1.807, 2.05) is 13.8 Å². The molecular formula is C9H11N5O4S3. The first kappa shape index (κ1) is 15.7. The summed E-state index contributed by atoms with van der Waals surface area (Å²) in [6.45, 7) is 3.91. The fourth-order valence-electron chi connectivity index (χ4n) is 1.29. The third kappa shape index (κ3) is 3.92. The highest BCUT2D eigenvalue weighted by Gasteiger charge is 2.22. The quantitative estimate of drug-likeness (QED) is 0.463. The van der Waals surface area contributed by atoms with Gasteiger partial charge >= 0.3 is 5.00 Å². The molecule has 0 aliphatic heterocycles. The van der Waals surface area contributed by atoms with Gasteiger partial charge in [0.05, 0.1) is 4.92 Å². The van der Waals surface area contributed by atoms with Gasteiger partial charge in [-0.05, 0) is 17.4 Å². The van der Waals surface area contributed by atoms with Gasteiger partial charge in [-0.3, -0.25) is 10.1 Å². The Labute approximate surface area is 128 Å². The van der Waals surface area contributed by atoms with E-state index in [2.05, 4.69) is 19.9 Å². The van der Waals surface area contributed by atoms with E-state index in [0.717, 1.165) is 6.07 Å². The molecule has 9 nitrogen and oxygen atoms in total. The zero-order valence-electron chi connectivity index (χ0n) is 10.9. The molecule has 0 fully saturated rings. The van der Waals surface area contributed by atoms with Crippen LogP contribution in [0.3, 0.4) is 0 Å². The lowest BCUT2D eigenvalue weighted by atomic mass is 10.6. The number of nitro groups is 1. The summed E-state index contributed by atoms with van der Waals surface area (Å²) in [6, 6.07) is 2.31. The third-order valence-corrected chi connectivity index (χ3v) is 5.78. The molecule has 0 atom stereocenters. The van der Waals surface area contributed by atoms with E-state index in [9.17, 15) is 18.5 Å². The highest BCUT2D eigenvalue weighted by molar-refractivity contribution is 7.99. The van der Waals surface area contributed by atoms with Gasteiger partial charge in [0.1, 0.15) is 4.21 Å². The van der Waals surface area contributed by atoms with Gasteiger partial charge in [-0.25, -0.2) is 18.2 Å². The van der Waals surface area contributed by atoms with Crippen molar-refractivity contribution in [2.45, 2.75) is 28.5 Å². The summed E-state index contributed by atoms with van der Waals surface area (Å²) < 4.78 is 26.1. The van der Waals surface area contributed by atoms with Crippen LogP contribution in [0.1, 0.15) is 13.8 Å². The Bertz CT molecular complexity index is 751. The first-order valence-corrected chi connectivity index (χ1v) is 8.82. The normalized spacial score (nSPS) is 11.8. The molecule has 0 saturated heterocycles. The van der Waals surface area contributed by atoms with E-state index in [1.54, 1.807) is 0 Å². The minimum absolute atomic E-state index is 0.0331. The molecule has 0 unspecified atom stereocenters. The molecule has 2 rings (SSSR count). The third-order valence-electron chi connectivity index (χ3n) is 2.05. The summed E-state index contributed by atoms with van der Waals surface area (Å²) in [6.07, 6.45) is 0. The average molecular weight is 349 g/mol. The van der Waals surface area contributed by atoms with E-state index >= 15 is 0 Å². The molecule has 0 amide bonds. The maximum absolute atomic E-state index is 12.1. The van der Waals surface area contributed by atoms with Crippen LogP contribution < -0.4 is 4.72 Å². The van der Waals surface area contributed by atoms with Crippen LogP contribution in [0.15, 0.2) is 21.5 Å². The molecule has 0 radical (unpaired) electrons. The Hall–Kier alpha value is -1.66. The highest BCUT2D eigenvalue weighted by Crippen LogP contribution is 2.29. The van der Waals surface area contributed by atoms with Gasteiger partial charge in [-0.1, -0.05) is 25.6 Å². The van der Waals surface area contributed by atoms with Gasteiger partial charge in [-0.15, -0.1) is 5.10 Å². The lowest BCUT2D eigenvalue weighted by Crippen LogP contribution is -2.12. The lowest BCUT2D eigenvalue weighted by Gasteiger charge is -2.01. The monoisotopic (exact) mass is 349 g/mol. The van der Waals surface area contributed by atoms with Crippen LogP contribution in [0.25, 0.3) is 0 Å². The standard InChI is InChI=1S/C9H11N5O4S3/c1-5(2)19-9-10-8(11-12-9)13-21(17,18)7-4-3-6(20-7)14(15)16/h3-5H,1-2H3,(H2,10,11,12,13). The summed E-state index contributed by atoms with van der Waals surface area (Å²) >= 11 is 1.94. The SMILES string of the molecule is CC(C)Sc1n[nH]c(NS(=O)(=O)c2ccc([N+](=O)[O-])s2)n1. The fraction of sp³-hybridized carbons (Fsp3) is 0.333. The van der Waals surface area contributed by atoms with E-state index < -0.39 is 14.9 Å². The molecule has 2 heterocycles. The number of anilines is 1. The molecule has 0 aliphatic rings. The number of nitrogens with zero attached hydrogens (tertiary/aromatic N) is 3. The second-order valence-corrected chi connectivity index (χ2v) is 8.60. The minimum atomic E-state index is -3.92. The summed E-state index contributed by atoms with van der Waals surface area (Å²) in [5, 5.41) is 17.3. The second kappa shape index (κ2) is 5.99. The van der Waals surface area contributed by atoms with Crippen LogP contribution in [0.5, 0.6) is 0 Å². The number of nitrogens with one attached hydrogen (secondary N) is 2. The lowest BCUT2D eigenvalue weighted by molar-refractivity contribution is -0.380. The molecule has 0 aliphatic carbocycles. The second-order valence-electron chi connectivity index (χ2n) is 4.09. The Morgan fingerprint density at radius 2 is 2.19 bits per heavy atom. The minimum Gasteiger partial charge on any atom is -0.258 e. The van der Waals surface area contributed by atoms with Crippen molar-refractivity contribution in [2.24, 2.45) is 0 Å². The molecule has 0 bridgehead atoms. The number of hydrogen-bond donors (Lipinski definition) is 2. The Kier molecular flexibility index (Phi) is 4.49. The molecule has 2 aromatic heterocycles. The zero-order chi connectivity index (χ0) is 15.6. The molecule has 114 valence electrons. The topological polar surface area (TPSA) is 131 Å². The number of sulfonamides is 1. The van der Waals surface area contributed by atoms with Crippen molar-refractivity contribution in [3.05, 3.63) is 22.2 Å². The van der Waals surface area contributed by atoms with Gasteiger partial charge in [0.25, 0.3) is 10.0 Å². The number of hydrogen-bond acceptors (Lipinski definition) is 8. The van der Waals surface area contributed by atoms with Gasteiger partial charge in [-0.2, -0.15) is 4.98 Å². The van der Waals surface area contributed by atoms with Crippen LogP contribution in [-0.4, -0.2) is 33.8 Å². The number of aromatic amines is 1. The molecule has 21 heavy (non-hydrogen) atoms. The Morgan fingerprint density at radius 1 is 1.48 bits per heavy atom. The first-order chi connectivity index (χ1) is 9.78. The van der Waals surface area contributed by atoms with E-state index in [0.29, 0.717) is 16.5 Å². The molecular weight excluding hydrogens is 338 g/mol. The average Bonchev–Trinajstić information content (AvgIpc) is 2.97. The maximum atomic E-state index is 12.1. The predicted octanol–water partition coefficient (Wildman–Crippen LogP) is 2.08. The van der Waals surface area contributed by atoms with E-state index in [-0.39, 0.29) is 20.4 Å². The molecule has 2 aromatic rings. The smallest absolute Gasteiger partial charge is 0.258 e. The van der Waals surface area contributed by atoms with Crippen molar-refractivity contribution >= 4 is 44.1 Å². The van der Waals surface area contributed by atoms with Crippen LogP contribution in [0, 0.1) is 10.1 Å². The van der Waals surface area contributed by atoms with Gasteiger partial charge in [0.15, 0.2) is 0 Å².